The van der Waals surface area contributed by atoms with E-state index in [1.54, 1.807) is 6.92 Å². The molecule has 1 unspecified atom stereocenters. The number of carbonyl (C=O) groups is 1. The van der Waals surface area contributed by atoms with Gasteiger partial charge in [-0.2, -0.15) is 0 Å². The third-order valence-corrected chi connectivity index (χ3v) is 5.98. The Labute approximate surface area is 159 Å². The van der Waals surface area contributed by atoms with Crippen LogP contribution >= 0.6 is 0 Å². The van der Waals surface area contributed by atoms with Crippen LogP contribution in [0.2, 0.25) is 0 Å². The number of hydrogen-bond donors (Lipinski definition) is 1. The van der Waals surface area contributed by atoms with Crippen molar-refractivity contribution in [1.29, 1.82) is 0 Å². The van der Waals surface area contributed by atoms with Crippen LogP contribution in [-0.2, 0) is 21.1 Å². The van der Waals surface area contributed by atoms with Gasteiger partial charge in [0.1, 0.15) is 17.1 Å². The molecule has 0 aliphatic carbocycles. The summed E-state index contributed by atoms with van der Waals surface area (Å²) < 4.78 is 30.1. The van der Waals surface area contributed by atoms with E-state index >= 15 is 0 Å². The van der Waals surface area contributed by atoms with Gasteiger partial charge in [-0.1, -0.05) is 48.5 Å². The molecule has 1 aromatic heterocycles. The highest BCUT2D eigenvalue weighted by Gasteiger charge is 2.20. The first kappa shape index (κ1) is 19.2. The molecule has 1 heterocycles. The highest BCUT2D eigenvalue weighted by molar-refractivity contribution is 7.92. The number of aryl methyl sites for hydroxylation is 1. The lowest BCUT2D eigenvalue weighted by Gasteiger charge is -2.11. The van der Waals surface area contributed by atoms with Crippen molar-refractivity contribution in [2.45, 2.75) is 25.8 Å². The van der Waals surface area contributed by atoms with Gasteiger partial charge >= 0.3 is 0 Å². The second-order valence-corrected chi connectivity index (χ2v) is 8.84. The number of benzene rings is 2. The maximum absolute atomic E-state index is 12.2. The summed E-state index contributed by atoms with van der Waals surface area (Å²) in [7, 11) is -3.45. The molecule has 142 valence electrons. The van der Waals surface area contributed by atoms with Crippen LogP contribution in [0.5, 0.6) is 0 Å². The van der Waals surface area contributed by atoms with Crippen molar-refractivity contribution in [3.8, 4) is 0 Å². The van der Waals surface area contributed by atoms with Gasteiger partial charge in [0.05, 0.1) is 11.8 Å². The summed E-state index contributed by atoms with van der Waals surface area (Å²) in [6.07, 6.45) is 1.18. The number of rotatable bonds is 8. The third-order valence-electron chi connectivity index (χ3n) is 4.36. The maximum Gasteiger partial charge on any atom is 0.235 e. The summed E-state index contributed by atoms with van der Waals surface area (Å²) >= 11 is 0. The Balaban J connectivity index is 1.51. The molecule has 3 rings (SSSR count). The van der Waals surface area contributed by atoms with Gasteiger partial charge in [0.15, 0.2) is 9.84 Å². The molecule has 0 saturated carbocycles. The van der Waals surface area contributed by atoms with Crippen molar-refractivity contribution >= 4 is 26.7 Å². The van der Waals surface area contributed by atoms with Gasteiger partial charge in [0.25, 0.3) is 0 Å². The van der Waals surface area contributed by atoms with E-state index in [0.29, 0.717) is 18.6 Å². The van der Waals surface area contributed by atoms with Gasteiger partial charge in [0, 0.05) is 5.39 Å². The Morgan fingerprint density at radius 3 is 2.52 bits per heavy atom. The van der Waals surface area contributed by atoms with Crippen molar-refractivity contribution in [3.05, 3.63) is 72.0 Å². The monoisotopic (exact) mass is 385 g/mol. The molecule has 3 aromatic rings. The second-order valence-electron chi connectivity index (χ2n) is 6.66. The molecule has 2 aromatic carbocycles. The first-order valence-corrected chi connectivity index (χ1v) is 10.8. The van der Waals surface area contributed by atoms with Crippen LogP contribution in [0, 0.1) is 0 Å². The lowest BCUT2D eigenvalue weighted by Crippen LogP contribution is -2.33. The molecule has 0 saturated heterocycles. The topological polar surface area (TPSA) is 76.4 Å². The number of amides is 1. The number of nitrogens with one attached hydrogen (secondary N) is 1. The molecule has 1 N–H and O–H groups in total. The van der Waals surface area contributed by atoms with E-state index in [0.717, 1.165) is 16.5 Å². The Kier molecular flexibility index (Phi) is 5.96. The minimum atomic E-state index is -3.45. The fraction of sp³-hybridized carbons (Fsp3) is 0.286. The van der Waals surface area contributed by atoms with Crippen LogP contribution < -0.4 is 5.32 Å². The van der Waals surface area contributed by atoms with Crippen LogP contribution in [-0.4, -0.2) is 25.8 Å². The predicted octanol–water partition coefficient (Wildman–Crippen LogP) is 3.66. The summed E-state index contributed by atoms with van der Waals surface area (Å²) in [5, 5.41) is 3.66. The Morgan fingerprint density at radius 2 is 1.78 bits per heavy atom. The van der Waals surface area contributed by atoms with E-state index in [4.69, 9.17) is 4.42 Å². The van der Waals surface area contributed by atoms with E-state index in [2.05, 4.69) is 5.32 Å². The Bertz CT molecular complexity index is 976. The summed E-state index contributed by atoms with van der Waals surface area (Å²) in [4.78, 5) is 12.2. The molecule has 0 fully saturated rings. The molecule has 1 amide bonds. The van der Waals surface area contributed by atoms with Crippen LogP contribution in [0.4, 0.5) is 0 Å². The van der Waals surface area contributed by atoms with E-state index < -0.39 is 27.5 Å². The lowest BCUT2D eigenvalue weighted by atomic mass is 10.1. The maximum atomic E-state index is 12.2. The zero-order chi connectivity index (χ0) is 19.3. The molecule has 0 spiro atoms. The Morgan fingerprint density at radius 1 is 1.07 bits per heavy atom. The normalized spacial score (nSPS) is 12.8. The van der Waals surface area contributed by atoms with Crippen molar-refractivity contribution in [3.63, 3.8) is 0 Å². The molecule has 0 bridgehead atoms. The summed E-state index contributed by atoms with van der Waals surface area (Å²) in [6, 6.07) is 18.7. The first-order valence-electron chi connectivity index (χ1n) is 8.95. The fourth-order valence-corrected chi connectivity index (χ4v) is 4.19. The number of furan rings is 1. The second kappa shape index (κ2) is 8.39. The number of para-hydroxylation sites is 1. The molecule has 0 radical (unpaired) electrons. The fourth-order valence-electron chi connectivity index (χ4n) is 2.98. The van der Waals surface area contributed by atoms with Crippen molar-refractivity contribution in [2.75, 3.05) is 11.5 Å². The average molecular weight is 385 g/mol. The van der Waals surface area contributed by atoms with Gasteiger partial charge in [-0.15, -0.1) is 0 Å². The Hall–Kier alpha value is -2.60. The molecule has 6 heteroatoms. The van der Waals surface area contributed by atoms with Crippen LogP contribution in [0.1, 0.15) is 30.7 Å². The number of fused-ring (bicyclic) bond motifs is 1. The molecule has 27 heavy (non-hydrogen) atoms. The molecule has 5 nitrogen and oxygen atoms in total. The predicted molar refractivity (Wildman–Crippen MR) is 106 cm³/mol. The molecule has 0 aliphatic rings. The van der Waals surface area contributed by atoms with Gasteiger partial charge in [-0.05, 0) is 37.5 Å². The number of carbonyl (C=O) groups excluding carboxylic acids is 1. The third kappa shape index (κ3) is 5.44. The number of sulfone groups is 1. The highest BCUT2D eigenvalue weighted by atomic mass is 32.2. The summed E-state index contributed by atoms with van der Waals surface area (Å²) in [5.41, 5.74) is 1.83. The van der Waals surface area contributed by atoms with Gasteiger partial charge in [0.2, 0.25) is 5.91 Å². The van der Waals surface area contributed by atoms with E-state index in [9.17, 15) is 13.2 Å². The quantitative estimate of drug-likeness (QED) is 0.642. The van der Waals surface area contributed by atoms with Gasteiger partial charge in [-0.25, -0.2) is 8.42 Å². The molecule has 0 aliphatic heterocycles. The summed E-state index contributed by atoms with van der Waals surface area (Å²) in [5.74, 6) is -0.422. The van der Waals surface area contributed by atoms with Crippen molar-refractivity contribution < 1.29 is 17.6 Å². The van der Waals surface area contributed by atoms with E-state index in [-0.39, 0.29) is 5.75 Å². The first-order chi connectivity index (χ1) is 12.9. The smallest absolute Gasteiger partial charge is 0.235 e. The SMILES string of the molecule is CC(NC(=O)CS(=O)(=O)CCCc1ccccc1)c1cc2ccccc2o1. The minimum Gasteiger partial charge on any atom is -0.459 e. The van der Waals surface area contributed by atoms with Crippen LogP contribution in [0.15, 0.2) is 65.1 Å². The lowest BCUT2D eigenvalue weighted by molar-refractivity contribution is -0.119. The van der Waals surface area contributed by atoms with E-state index in [1.165, 1.54) is 0 Å². The average Bonchev–Trinajstić information content (AvgIpc) is 3.06. The van der Waals surface area contributed by atoms with E-state index in [1.807, 2.05) is 60.7 Å². The van der Waals surface area contributed by atoms with Crippen LogP contribution in [0.3, 0.4) is 0 Å². The largest absolute Gasteiger partial charge is 0.459 e. The standard InChI is InChI=1S/C21H23NO4S/c1-16(20-14-18-11-5-6-12-19(18)26-20)22-21(23)15-27(24,25)13-7-10-17-8-3-2-4-9-17/h2-6,8-9,11-12,14,16H,7,10,13,15H2,1H3,(H,22,23). The van der Waals surface area contributed by atoms with Crippen LogP contribution in [0.25, 0.3) is 11.0 Å². The van der Waals surface area contributed by atoms with Crippen molar-refractivity contribution in [1.82, 2.24) is 5.32 Å². The highest BCUT2D eigenvalue weighted by Crippen LogP contribution is 2.23. The minimum absolute atomic E-state index is 0.00562. The molecule has 1 atom stereocenters. The van der Waals surface area contributed by atoms with Gasteiger partial charge < -0.3 is 9.73 Å². The van der Waals surface area contributed by atoms with Crippen molar-refractivity contribution in [2.24, 2.45) is 0 Å². The number of hydrogen-bond acceptors (Lipinski definition) is 4. The zero-order valence-corrected chi connectivity index (χ0v) is 16.0. The summed E-state index contributed by atoms with van der Waals surface area (Å²) in [6.45, 7) is 1.78. The molecular weight excluding hydrogens is 362 g/mol. The van der Waals surface area contributed by atoms with Gasteiger partial charge in [-0.3, -0.25) is 4.79 Å². The molecular formula is C21H23NO4S. The zero-order valence-electron chi connectivity index (χ0n) is 15.2.